The van der Waals surface area contributed by atoms with E-state index in [1.807, 2.05) is 18.2 Å². The number of halogens is 2. The van der Waals surface area contributed by atoms with E-state index in [0.29, 0.717) is 26.7 Å². The number of hydrogen-bond acceptors (Lipinski definition) is 4. The van der Waals surface area contributed by atoms with Gasteiger partial charge in [-0.3, -0.25) is 13.9 Å². The molecule has 2 amide bonds. The maximum Gasteiger partial charge on any atom is 0.244 e. The number of benzene rings is 3. The van der Waals surface area contributed by atoms with E-state index in [1.165, 1.54) is 11.9 Å². The van der Waals surface area contributed by atoms with Gasteiger partial charge in [0.05, 0.1) is 22.0 Å². The minimum absolute atomic E-state index is 0.0391. The highest BCUT2D eigenvalue weighted by Gasteiger charge is 2.30. The van der Waals surface area contributed by atoms with Gasteiger partial charge in [0, 0.05) is 19.0 Å². The van der Waals surface area contributed by atoms with Crippen LogP contribution in [0, 0.1) is 0 Å². The van der Waals surface area contributed by atoms with Crippen LogP contribution < -0.4 is 9.62 Å². The fourth-order valence-corrected chi connectivity index (χ4v) is 4.83. The average Bonchev–Trinajstić information content (AvgIpc) is 2.81. The molecular weight excluding hydrogens is 497 g/mol. The van der Waals surface area contributed by atoms with Crippen molar-refractivity contribution in [1.82, 2.24) is 10.2 Å². The van der Waals surface area contributed by atoms with Crippen LogP contribution in [0.4, 0.5) is 5.69 Å². The number of fused-ring (bicyclic) bond motifs is 1. The first-order valence-electron chi connectivity index (χ1n) is 10.4. The number of nitrogens with one attached hydrogen (secondary N) is 1. The zero-order valence-electron chi connectivity index (χ0n) is 19.0. The second kappa shape index (κ2) is 10.6. The van der Waals surface area contributed by atoms with Crippen molar-refractivity contribution < 1.29 is 18.0 Å². The van der Waals surface area contributed by atoms with Crippen molar-refractivity contribution in [3.05, 3.63) is 76.3 Å². The molecule has 0 aromatic heterocycles. The Morgan fingerprint density at radius 2 is 1.68 bits per heavy atom. The fourth-order valence-electron chi connectivity index (χ4n) is 3.65. The molecule has 34 heavy (non-hydrogen) atoms. The summed E-state index contributed by atoms with van der Waals surface area (Å²) in [5.41, 5.74) is 1.03. The third kappa shape index (κ3) is 5.81. The minimum Gasteiger partial charge on any atom is -0.357 e. The summed E-state index contributed by atoms with van der Waals surface area (Å²) in [4.78, 5) is 27.2. The number of carbonyl (C=O) groups excluding carboxylic acids is 2. The first-order chi connectivity index (χ1) is 16.0. The number of amides is 2. The Bertz CT molecular complexity index is 1330. The number of hydrogen-bond donors (Lipinski definition) is 1. The van der Waals surface area contributed by atoms with E-state index in [1.54, 1.807) is 49.4 Å². The van der Waals surface area contributed by atoms with Crippen LogP contribution in [0.15, 0.2) is 60.7 Å². The normalized spacial score (nSPS) is 12.3. The van der Waals surface area contributed by atoms with Gasteiger partial charge in [-0.25, -0.2) is 8.42 Å². The van der Waals surface area contributed by atoms with Gasteiger partial charge in [-0.1, -0.05) is 65.7 Å². The molecule has 3 rings (SSSR count). The molecule has 0 aliphatic carbocycles. The van der Waals surface area contributed by atoms with Crippen LogP contribution in [0.3, 0.4) is 0 Å². The topological polar surface area (TPSA) is 86.8 Å². The molecule has 3 aromatic carbocycles. The standard InChI is InChI=1S/C24H25Cl2N3O4S/c1-16(24(31)27-2)28(14-17-11-12-20(25)21(26)13-17)23(30)15-29(34(3,32)33)22-10-6-8-18-7-4-5-9-19(18)22/h4-13,16H,14-15H2,1-3H3,(H,27,31)/t16-/m1/s1. The molecule has 0 aliphatic rings. The Hall–Kier alpha value is -2.81. The number of rotatable bonds is 8. The van der Waals surface area contributed by atoms with Gasteiger partial charge < -0.3 is 10.2 Å². The Morgan fingerprint density at radius 3 is 2.32 bits per heavy atom. The van der Waals surface area contributed by atoms with Crippen molar-refractivity contribution in [3.63, 3.8) is 0 Å². The summed E-state index contributed by atoms with van der Waals surface area (Å²) in [7, 11) is -2.36. The van der Waals surface area contributed by atoms with Crippen molar-refractivity contribution in [1.29, 1.82) is 0 Å². The van der Waals surface area contributed by atoms with Crippen molar-refractivity contribution in [2.45, 2.75) is 19.5 Å². The summed E-state index contributed by atoms with van der Waals surface area (Å²) in [6.45, 7) is 1.14. The Morgan fingerprint density at radius 1 is 1.00 bits per heavy atom. The van der Waals surface area contributed by atoms with E-state index in [2.05, 4.69) is 5.32 Å². The summed E-state index contributed by atoms with van der Waals surface area (Å²) in [5, 5.41) is 4.74. The zero-order valence-corrected chi connectivity index (χ0v) is 21.3. The molecule has 0 aliphatic heterocycles. The van der Waals surface area contributed by atoms with E-state index >= 15 is 0 Å². The van der Waals surface area contributed by atoms with Gasteiger partial charge in [0.15, 0.2) is 0 Å². The van der Waals surface area contributed by atoms with Crippen LogP contribution in [0.1, 0.15) is 12.5 Å². The SMILES string of the molecule is CNC(=O)[C@@H](C)N(Cc1ccc(Cl)c(Cl)c1)C(=O)CN(c1cccc2ccccc12)S(C)(=O)=O. The molecule has 3 aromatic rings. The fraction of sp³-hybridized carbons (Fsp3) is 0.250. The Kier molecular flexibility index (Phi) is 8.07. The number of anilines is 1. The molecule has 0 spiro atoms. The van der Waals surface area contributed by atoms with Gasteiger partial charge in [0.25, 0.3) is 0 Å². The third-order valence-corrected chi connectivity index (χ3v) is 7.33. The van der Waals surface area contributed by atoms with Crippen LogP contribution in [0.5, 0.6) is 0 Å². The molecule has 0 radical (unpaired) electrons. The highest BCUT2D eigenvalue weighted by molar-refractivity contribution is 7.92. The molecule has 0 unspecified atom stereocenters. The van der Waals surface area contributed by atoms with Gasteiger partial charge >= 0.3 is 0 Å². The van der Waals surface area contributed by atoms with Crippen molar-refractivity contribution >= 4 is 61.5 Å². The van der Waals surface area contributed by atoms with Gasteiger partial charge in [-0.05, 0) is 36.1 Å². The predicted molar refractivity (Wildman–Crippen MR) is 137 cm³/mol. The summed E-state index contributed by atoms with van der Waals surface area (Å²) in [5.74, 6) is -0.926. The maximum absolute atomic E-state index is 13.5. The lowest BCUT2D eigenvalue weighted by Gasteiger charge is -2.31. The van der Waals surface area contributed by atoms with Gasteiger partial charge in [0.1, 0.15) is 12.6 Å². The van der Waals surface area contributed by atoms with Crippen LogP contribution in [0.25, 0.3) is 10.8 Å². The van der Waals surface area contributed by atoms with E-state index in [9.17, 15) is 18.0 Å². The molecule has 0 heterocycles. The number of likely N-dealkylation sites (N-methyl/N-ethyl adjacent to an activating group) is 1. The van der Waals surface area contributed by atoms with Crippen molar-refractivity contribution in [3.8, 4) is 0 Å². The summed E-state index contributed by atoms with van der Waals surface area (Å²) in [6.07, 6.45) is 1.05. The van der Waals surface area contributed by atoms with Crippen molar-refractivity contribution in [2.75, 3.05) is 24.2 Å². The van der Waals surface area contributed by atoms with Crippen molar-refractivity contribution in [2.24, 2.45) is 0 Å². The summed E-state index contributed by atoms with van der Waals surface area (Å²) in [6, 6.07) is 16.6. The van der Waals surface area contributed by atoms with Crippen LogP contribution in [0.2, 0.25) is 10.0 Å². The number of carbonyl (C=O) groups is 2. The molecule has 0 saturated carbocycles. The molecule has 7 nitrogen and oxygen atoms in total. The van der Waals surface area contributed by atoms with E-state index in [0.717, 1.165) is 15.9 Å². The lowest BCUT2D eigenvalue weighted by Crippen LogP contribution is -2.50. The first-order valence-corrected chi connectivity index (χ1v) is 13.0. The van der Waals surface area contributed by atoms with E-state index in [-0.39, 0.29) is 12.5 Å². The molecule has 1 atom stereocenters. The lowest BCUT2D eigenvalue weighted by molar-refractivity contribution is -0.139. The summed E-state index contributed by atoms with van der Waals surface area (Å²) < 4.78 is 26.6. The van der Waals surface area contributed by atoms with E-state index in [4.69, 9.17) is 23.2 Å². The van der Waals surface area contributed by atoms with Crippen LogP contribution in [-0.2, 0) is 26.2 Å². The Balaban J connectivity index is 2.00. The quantitative estimate of drug-likeness (QED) is 0.483. The molecule has 1 N–H and O–H groups in total. The second-order valence-electron chi connectivity index (χ2n) is 7.83. The smallest absolute Gasteiger partial charge is 0.244 e. The first kappa shape index (κ1) is 25.8. The molecule has 0 bridgehead atoms. The summed E-state index contributed by atoms with van der Waals surface area (Å²) >= 11 is 12.1. The van der Waals surface area contributed by atoms with E-state index < -0.39 is 28.5 Å². The number of nitrogens with zero attached hydrogens (tertiary/aromatic N) is 2. The second-order valence-corrected chi connectivity index (χ2v) is 10.5. The Labute approximate surface area is 209 Å². The predicted octanol–water partition coefficient (Wildman–Crippen LogP) is 4.08. The van der Waals surface area contributed by atoms with Crippen LogP contribution in [-0.4, -0.2) is 51.0 Å². The molecule has 180 valence electrons. The number of sulfonamides is 1. The van der Waals surface area contributed by atoms with Gasteiger partial charge in [0.2, 0.25) is 21.8 Å². The monoisotopic (exact) mass is 521 g/mol. The molecule has 0 fully saturated rings. The molecule has 10 heteroatoms. The van der Waals surface area contributed by atoms with Crippen LogP contribution >= 0.6 is 23.2 Å². The highest BCUT2D eigenvalue weighted by Crippen LogP contribution is 2.29. The third-order valence-electron chi connectivity index (χ3n) is 5.47. The average molecular weight is 522 g/mol. The maximum atomic E-state index is 13.5. The molecular formula is C24H25Cl2N3O4S. The van der Waals surface area contributed by atoms with Gasteiger partial charge in [-0.2, -0.15) is 0 Å². The lowest BCUT2D eigenvalue weighted by atomic mass is 10.1. The van der Waals surface area contributed by atoms with Gasteiger partial charge in [-0.15, -0.1) is 0 Å². The largest absolute Gasteiger partial charge is 0.357 e. The minimum atomic E-state index is -3.83. The zero-order chi connectivity index (χ0) is 25.0. The molecule has 0 saturated heterocycles. The highest BCUT2D eigenvalue weighted by atomic mass is 35.5.